The number of aryl methyl sites for hydroxylation is 1. The third kappa shape index (κ3) is 7.65. The minimum Gasteiger partial charge on any atom is -0.489 e. The van der Waals surface area contributed by atoms with Crippen LogP contribution in [0.4, 0.5) is 0 Å². The molecule has 0 aliphatic carbocycles. The molecule has 0 spiro atoms. The molecule has 0 saturated carbocycles. The van der Waals surface area contributed by atoms with Gasteiger partial charge in [0.1, 0.15) is 11.7 Å². The van der Waals surface area contributed by atoms with Gasteiger partial charge >= 0.3 is 0 Å². The first-order valence-electron chi connectivity index (χ1n) is 11.6. The molecule has 2 heterocycles. The fourth-order valence-corrected chi connectivity index (χ4v) is 5.81. The number of benzene rings is 2. The van der Waals surface area contributed by atoms with Gasteiger partial charge in [0.25, 0.3) is 5.01 Å². The van der Waals surface area contributed by atoms with Gasteiger partial charge in [-0.3, -0.25) is 0 Å². The average molecular weight is 519 g/mol. The van der Waals surface area contributed by atoms with Crippen LogP contribution >= 0.6 is 34.9 Å². The Morgan fingerprint density at radius 2 is 1.41 bits per heavy atom. The largest absolute Gasteiger partial charge is 0.489 e. The molecule has 4 rings (SSSR count). The van der Waals surface area contributed by atoms with Crippen LogP contribution in [0.15, 0.2) is 42.5 Å². The molecule has 0 bridgehead atoms. The second-order valence-electron chi connectivity index (χ2n) is 7.65. The maximum absolute atomic E-state index is 6.15. The fourth-order valence-electron chi connectivity index (χ4n) is 3.48. The van der Waals surface area contributed by atoms with Crippen molar-refractivity contribution >= 4 is 57.2 Å². The molecular formula is C26H32NO4S3+. The SMILES string of the molecule is C[n+]1c(/C=C\c2ccc3c(c2)OCCSCCOCCOCCSCCO3)sc2ccccc21. The Morgan fingerprint density at radius 1 is 0.735 bits per heavy atom. The maximum atomic E-state index is 6.15. The number of nitrogens with zero attached hydrogens (tertiary/aromatic N) is 1. The summed E-state index contributed by atoms with van der Waals surface area (Å²) in [6.45, 7) is 4.09. The van der Waals surface area contributed by atoms with E-state index in [1.165, 1.54) is 15.2 Å². The van der Waals surface area contributed by atoms with Crippen molar-refractivity contribution in [3.05, 3.63) is 53.0 Å². The lowest BCUT2D eigenvalue weighted by molar-refractivity contribution is -0.642. The van der Waals surface area contributed by atoms with E-state index in [-0.39, 0.29) is 0 Å². The molecular weight excluding hydrogens is 486 g/mol. The molecule has 1 aliphatic heterocycles. The van der Waals surface area contributed by atoms with Gasteiger partial charge in [-0.15, -0.1) is 0 Å². The Hall–Kier alpha value is -1.71. The van der Waals surface area contributed by atoms with Crippen LogP contribution in [-0.4, -0.2) is 62.7 Å². The van der Waals surface area contributed by atoms with Gasteiger partial charge in [0.15, 0.2) is 11.5 Å². The van der Waals surface area contributed by atoms with E-state index >= 15 is 0 Å². The lowest BCUT2D eigenvalue weighted by Gasteiger charge is -2.14. The molecule has 0 fully saturated rings. The number of fused-ring (bicyclic) bond motifs is 2. The van der Waals surface area contributed by atoms with Crippen LogP contribution in [0.2, 0.25) is 0 Å². The lowest BCUT2D eigenvalue weighted by Crippen LogP contribution is -2.28. The Labute approximate surface area is 214 Å². The predicted molar refractivity (Wildman–Crippen MR) is 146 cm³/mol. The van der Waals surface area contributed by atoms with E-state index in [1.807, 2.05) is 29.6 Å². The molecule has 8 heteroatoms. The van der Waals surface area contributed by atoms with Crippen molar-refractivity contribution in [3.63, 3.8) is 0 Å². The first kappa shape index (κ1) is 25.4. The quantitative estimate of drug-likeness (QED) is 0.436. The average Bonchev–Trinajstić information content (AvgIpc) is 3.18. The molecule has 0 N–H and O–H groups in total. The van der Waals surface area contributed by atoms with E-state index in [0.29, 0.717) is 26.4 Å². The molecule has 5 nitrogen and oxygen atoms in total. The van der Waals surface area contributed by atoms with Crippen LogP contribution in [0.5, 0.6) is 11.5 Å². The van der Waals surface area contributed by atoms with Gasteiger partial charge in [-0.25, -0.2) is 0 Å². The highest BCUT2D eigenvalue weighted by Gasteiger charge is 2.13. The Morgan fingerprint density at radius 3 is 2.15 bits per heavy atom. The van der Waals surface area contributed by atoms with Crippen LogP contribution in [0.1, 0.15) is 10.6 Å². The summed E-state index contributed by atoms with van der Waals surface area (Å²) in [5, 5.41) is 1.21. The molecule has 0 unspecified atom stereocenters. The van der Waals surface area contributed by atoms with E-state index < -0.39 is 0 Å². The van der Waals surface area contributed by atoms with E-state index in [9.17, 15) is 0 Å². The highest BCUT2D eigenvalue weighted by atomic mass is 32.2. The molecule has 0 atom stereocenters. The number of aromatic nitrogens is 1. The molecule has 0 radical (unpaired) electrons. The van der Waals surface area contributed by atoms with Crippen LogP contribution in [0.3, 0.4) is 0 Å². The number of para-hydroxylation sites is 1. The van der Waals surface area contributed by atoms with E-state index in [4.69, 9.17) is 18.9 Å². The van der Waals surface area contributed by atoms with Crippen molar-refractivity contribution in [3.8, 4) is 11.5 Å². The summed E-state index contributed by atoms with van der Waals surface area (Å²) in [7, 11) is 2.11. The van der Waals surface area contributed by atoms with E-state index in [0.717, 1.165) is 53.3 Å². The van der Waals surface area contributed by atoms with Crippen LogP contribution in [0, 0.1) is 0 Å². The van der Waals surface area contributed by atoms with Crippen molar-refractivity contribution in [2.45, 2.75) is 0 Å². The minimum absolute atomic E-state index is 0.636. The molecule has 1 aliphatic rings. The maximum Gasteiger partial charge on any atom is 0.262 e. The van der Waals surface area contributed by atoms with Gasteiger partial charge in [-0.2, -0.15) is 28.1 Å². The highest BCUT2D eigenvalue weighted by molar-refractivity contribution is 7.99. The van der Waals surface area contributed by atoms with Crippen molar-refractivity contribution < 1.29 is 23.5 Å². The number of ether oxygens (including phenoxy) is 4. The number of thioether (sulfide) groups is 2. The van der Waals surface area contributed by atoms with Gasteiger partial charge < -0.3 is 18.9 Å². The number of hydrogen-bond donors (Lipinski definition) is 0. The zero-order valence-corrected chi connectivity index (χ0v) is 22.0. The van der Waals surface area contributed by atoms with Crippen molar-refractivity contribution in [2.24, 2.45) is 7.05 Å². The zero-order valence-electron chi connectivity index (χ0n) is 19.6. The van der Waals surface area contributed by atoms with Crippen LogP contribution < -0.4 is 14.0 Å². The molecule has 0 saturated heterocycles. The third-order valence-electron chi connectivity index (χ3n) is 5.24. The summed E-state index contributed by atoms with van der Waals surface area (Å²) in [6, 6.07) is 14.7. The molecule has 2 aromatic carbocycles. The summed E-state index contributed by atoms with van der Waals surface area (Å²) < 4.78 is 27.0. The second kappa shape index (κ2) is 14.0. The highest BCUT2D eigenvalue weighted by Crippen LogP contribution is 2.30. The summed E-state index contributed by atoms with van der Waals surface area (Å²) >= 11 is 5.46. The first-order chi connectivity index (χ1) is 16.8. The first-order valence-corrected chi connectivity index (χ1v) is 14.7. The summed E-state index contributed by atoms with van der Waals surface area (Å²) in [5.74, 6) is 5.34. The predicted octanol–water partition coefficient (Wildman–Crippen LogP) is 5.17. The monoisotopic (exact) mass is 518 g/mol. The lowest BCUT2D eigenvalue weighted by atomic mass is 10.2. The van der Waals surface area contributed by atoms with Crippen LogP contribution in [0.25, 0.3) is 22.4 Å². The normalized spacial score (nSPS) is 17.4. The Bertz CT molecular complexity index is 1070. The number of rotatable bonds is 2. The minimum atomic E-state index is 0.636. The van der Waals surface area contributed by atoms with Crippen molar-refractivity contribution in [1.82, 2.24) is 0 Å². The topological polar surface area (TPSA) is 40.8 Å². The Balaban J connectivity index is 1.43. The summed E-state index contributed by atoms with van der Waals surface area (Å²) in [6.07, 6.45) is 4.31. The molecule has 1 aromatic heterocycles. The van der Waals surface area contributed by atoms with Gasteiger partial charge in [0.05, 0.1) is 39.6 Å². The van der Waals surface area contributed by atoms with Gasteiger partial charge in [-0.1, -0.05) is 29.5 Å². The van der Waals surface area contributed by atoms with Gasteiger partial charge in [0.2, 0.25) is 5.52 Å². The van der Waals surface area contributed by atoms with E-state index in [1.54, 1.807) is 11.3 Å². The molecule has 34 heavy (non-hydrogen) atoms. The van der Waals surface area contributed by atoms with Crippen molar-refractivity contribution in [2.75, 3.05) is 62.7 Å². The number of thiazole rings is 1. The zero-order chi connectivity index (χ0) is 23.4. The molecule has 182 valence electrons. The van der Waals surface area contributed by atoms with Gasteiger partial charge in [0, 0.05) is 35.2 Å². The Kier molecular flexibility index (Phi) is 10.4. The third-order valence-corrected chi connectivity index (χ3v) is 8.25. The van der Waals surface area contributed by atoms with Gasteiger partial charge in [-0.05, 0) is 29.8 Å². The molecule has 3 aromatic rings. The second-order valence-corrected chi connectivity index (χ2v) is 11.2. The van der Waals surface area contributed by atoms with E-state index in [2.05, 4.69) is 60.2 Å². The summed E-state index contributed by atoms with van der Waals surface area (Å²) in [5.41, 5.74) is 2.34. The van der Waals surface area contributed by atoms with Crippen LogP contribution in [-0.2, 0) is 16.5 Å². The smallest absolute Gasteiger partial charge is 0.262 e. The van der Waals surface area contributed by atoms with Crippen molar-refractivity contribution in [1.29, 1.82) is 0 Å². The number of hydrogen-bond acceptors (Lipinski definition) is 7. The molecule has 0 amide bonds. The standard InChI is InChI=1S/C26H32NO4S3/c1-27-22-4-2-3-5-25(22)34-26(27)9-7-21-6-8-23-24(20-21)31-15-19-33-17-13-29-11-10-28-12-16-32-18-14-30-23/h2-9,20H,10-19H2,1H3/q+1/b9-7-. The fraction of sp³-hybridized carbons (Fsp3) is 0.423. The summed E-state index contributed by atoms with van der Waals surface area (Å²) in [4.78, 5) is 0.